The second kappa shape index (κ2) is 6.72. The highest BCUT2D eigenvalue weighted by atomic mass is 16.5. The number of rotatable bonds is 3. The maximum Gasteiger partial charge on any atom is 0.222 e. The molecule has 0 aromatic rings. The molecule has 2 aliphatic heterocycles. The van der Waals surface area contributed by atoms with Gasteiger partial charge in [-0.05, 0) is 49.9 Å². The molecule has 2 saturated heterocycles. The SMILES string of the molecule is O=C(CC1CCCC1)N1CCC2(CCC2N2CCOCC2)CC1. The summed E-state index contributed by atoms with van der Waals surface area (Å²) in [5.74, 6) is 1.12. The molecule has 4 fully saturated rings. The molecule has 0 bridgehead atoms. The van der Waals surface area contributed by atoms with Crippen molar-refractivity contribution in [2.75, 3.05) is 39.4 Å². The van der Waals surface area contributed by atoms with E-state index in [1.807, 2.05) is 0 Å². The van der Waals surface area contributed by atoms with Crippen LogP contribution in [0.25, 0.3) is 0 Å². The highest BCUT2D eigenvalue weighted by molar-refractivity contribution is 5.76. The third-order valence-electron chi connectivity index (χ3n) is 7.16. The van der Waals surface area contributed by atoms with Crippen LogP contribution < -0.4 is 0 Å². The summed E-state index contributed by atoms with van der Waals surface area (Å²) < 4.78 is 5.51. The first-order valence-electron chi connectivity index (χ1n) is 9.86. The fourth-order valence-corrected chi connectivity index (χ4v) is 5.52. The van der Waals surface area contributed by atoms with Crippen molar-refractivity contribution >= 4 is 5.91 Å². The summed E-state index contributed by atoms with van der Waals surface area (Å²) in [6.07, 6.45) is 11.2. The average Bonchev–Trinajstić information content (AvgIpc) is 3.08. The Kier molecular flexibility index (Phi) is 4.64. The van der Waals surface area contributed by atoms with E-state index in [4.69, 9.17) is 4.74 Å². The molecule has 1 atom stereocenters. The number of carbonyl (C=O) groups is 1. The minimum atomic E-state index is 0.439. The third-order valence-corrected chi connectivity index (χ3v) is 7.16. The van der Waals surface area contributed by atoms with Gasteiger partial charge in [-0.15, -0.1) is 0 Å². The summed E-state index contributed by atoms with van der Waals surface area (Å²) in [7, 11) is 0. The number of nitrogens with zero attached hydrogens (tertiary/aromatic N) is 2. The molecular weight excluding hydrogens is 288 g/mol. The van der Waals surface area contributed by atoms with Crippen molar-refractivity contribution in [1.82, 2.24) is 9.80 Å². The molecule has 0 N–H and O–H groups in total. The molecule has 4 heteroatoms. The Morgan fingerprint density at radius 1 is 0.957 bits per heavy atom. The van der Waals surface area contributed by atoms with Gasteiger partial charge in [0.1, 0.15) is 0 Å². The van der Waals surface area contributed by atoms with E-state index in [0.717, 1.165) is 51.9 Å². The number of amides is 1. The first-order valence-corrected chi connectivity index (χ1v) is 9.86. The van der Waals surface area contributed by atoms with Crippen LogP contribution in [0.4, 0.5) is 0 Å². The summed E-state index contributed by atoms with van der Waals surface area (Å²) in [4.78, 5) is 17.4. The lowest BCUT2D eigenvalue weighted by molar-refractivity contribution is -0.140. The standard InChI is InChI=1S/C19H32N2O2/c22-18(15-16-3-1-2-4-16)21-9-7-19(8-10-21)6-5-17(19)20-11-13-23-14-12-20/h16-17H,1-15H2. The van der Waals surface area contributed by atoms with Crippen LogP contribution >= 0.6 is 0 Å². The van der Waals surface area contributed by atoms with Crippen LogP contribution in [0.3, 0.4) is 0 Å². The maximum atomic E-state index is 12.6. The predicted molar refractivity (Wildman–Crippen MR) is 90.2 cm³/mol. The van der Waals surface area contributed by atoms with Crippen molar-refractivity contribution in [3.05, 3.63) is 0 Å². The third kappa shape index (κ3) is 3.17. The summed E-state index contributed by atoms with van der Waals surface area (Å²) in [6, 6.07) is 0.762. The van der Waals surface area contributed by atoms with Crippen LogP contribution in [0.1, 0.15) is 57.8 Å². The summed E-state index contributed by atoms with van der Waals surface area (Å²) in [5.41, 5.74) is 0.515. The lowest BCUT2D eigenvalue weighted by atomic mass is 9.58. The molecule has 23 heavy (non-hydrogen) atoms. The van der Waals surface area contributed by atoms with Gasteiger partial charge in [0.25, 0.3) is 0 Å². The molecule has 1 amide bonds. The fraction of sp³-hybridized carbons (Fsp3) is 0.947. The van der Waals surface area contributed by atoms with E-state index in [1.165, 1.54) is 51.4 Å². The monoisotopic (exact) mass is 320 g/mol. The van der Waals surface area contributed by atoms with E-state index in [0.29, 0.717) is 17.2 Å². The number of carbonyl (C=O) groups excluding carboxylic acids is 1. The highest BCUT2D eigenvalue weighted by Crippen LogP contribution is 2.51. The van der Waals surface area contributed by atoms with Gasteiger partial charge in [0.2, 0.25) is 5.91 Å². The number of piperidine rings is 1. The molecule has 2 aliphatic carbocycles. The topological polar surface area (TPSA) is 32.8 Å². The van der Waals surface area contributed by atoms with Crippen LogP contribution in [-0.4, -0.2) is 61.1 Å². The normalized spacial score (nSPS) is 32.2. The molecule has 4 aliphatic rings. The van der Waals surface area contributed by atoms with E-state index < -0.39 is 0 Å². The largest absolute Gasteiger partial charge is 0.379 e. The minimum absolute atomic E-state index is 0.439. The van der Waals surface area contributed by atoms with E-state index in [-0.39, 0.29) is 0 Å². The summed E-state index contributed by atoms with van der Waals surface area (Å²) in [6.45, 7) is 6.03. The number of ether oxygens (including phenoxy) is 1. The van der Waals surface area contributed by atoms with E-state index in [1.54, 1.807) is 0 Å². The summed E-state index contributed by atoms with van der Waals surface area (Å²) in [5, 5.41) is 0. The molecule has 2 heterocycles. The van der Waals surface area contributed by atoms with Gasteiger partial charge in [-0.2, -0.15) is 0 Å². The van der Waals surface area contributed by atoms with E-state index in [2.05, 4.69) is 9.80 Å². The number of likely N-dealkylation sites (tertiary alicyclic amines) is 1. The Hall–Kier alpha value is -0.610. The van der Waals surface area contributed by atoms with Crippen molar-refractivity contribution in [1.29, 1.82) is 0 Å². The molecular formula is C19H32N2O2. The lowest BCUT2D eigenvalue weighted by Gasteiger charge is -2.58. The van der Waals surface area contributed by atoms with Crippen LogP contribution in [0, 0.1) is 11.3 Å². The zero-order valence-corrected chi connectivity index (χ0v) is 14.5. The van der Waals surface area contributed by atoms with Gasteiger partial charge in [-0.25, -0.2) is 0 Å². The highest BCUT2D eigenvalue weighted by Gasteiger charge is 2.50. The average molecular weight is 320 g/mol. The van der Waals surface area contributed by atoms with Crippen molar-refractivity contribution in [2.45, 2.75) is 63.8 Å². The number of morpholine rings is 1. The lowest BCUT2D eigenvalue weighted by Crippen LogP contribution is -2.61. The minimum Gasteiger partial charge on any atom is -0.379 e. The Balaban J connectivity index is 1.29. The maximum absolute atomic E-state index is 12.6. The van der Waals surface area contributed by atoms with Gasteiger partial charge >= 0.3 is 0 Å². The molecule has 130 valence electrons. The van der Waals surface area contributed by atoms with Crippen LogP contribution in [-0.2, 0) is 9.53 Å². The van der Waals surface area contributed by atoms with Gasteiger partial charge in [0, 0.05) is 38.6 Å². The number of hydrogen-bond donors (Lipinski definition) is 0. The van der Waals surface area contributed by atoms with Gasteiger partial charge < -0.3 is 9.64 Å². The Morgan fingerprint density at radius 2 is 1.65 bits per heavy atom. The van der Waals surface area contributed by atoms with Gasteiger partial charge in [0.15, 0.2) is 0 Å². The molecule has 0 aromatic heterocycles. The molecule has 1 unspecified atom stereocenters. The summed E-state index contributed by atoms with van der Waals surface area (Å²) >= 11 is 0. The second-order valence-corrected chi connectivity index (χ2v) is 8.30. The quantitative estimate of drug-likeness (QED) is 0.801. The molecule has 2 saturated carbocycles. The Morgan fingerprint density at radius 3 is 2.26 bits per heavy atom. The zero-order chi connectivity index (χ0) is 15.7. The van der Waals surface area contributed by atoms with Crippen molar-refractivity contribution < 1.29 is 9.53 Å². The van der Waals surface area contributed by atoms with Crippen molar-refractivity contribution in [2.24, 2.45) is 11.3 Å². The molecule has 4 nitrogen and oxygen atoms in total. The smallest absolute Gasteiger partial charge is 0.222 e. The Bertz CT molecular complexity index is 419. The van der Waals surface area contributed by atoms with Gasteiger partial charge in [-0.3, -0.25) is 9.69 Å². The van der Waals surface area contributed by atoms with Crippen LogP contribution in [0.2, 0.25) is 0 Å². The molecule has 1 spiro atoms. The zero-order valence-electron chi connectivity index (χ0n) is 14.5. The Labute approximate surface area is 140 Å². The van der Waals surface area contributed by atoms with Gasteiger partial charge in [0.05, 0.1) is 13.2 Å². The predicted octanol–water partition coefficient (Wildman–Crippen LogP) is 2.67. The van der Waals surface area contributed by atoms with Crippen molar-refractivity contribution in [3.63, 3.8) is 0 Å². The fourth-order valence-electron chi connectivity index (χ4n) is 5.52. The molecule has 4 rings (SSSR count). The van der Waals surface area contributed by atoms with Crippen LogP contribution in [0.15, 0.2) is 0 Å². The van der Waals surface area contributed by atoms with Crippen LogP contribution in [0.5, 0.6) is 0 Å². The van der Waals surface area contributed by atoms with Gasteiger partial charge in [-0.1, -0.05) is 12.8 Å². The molecule has 0 radical (unpaired) electrons. The van der Waals surface area contributed by atoms with E-state index in [9.17, 15) is 4.79 Å². The van der Waals surface area contributed by atoms with E-state index >= 15 is 0 Å². The molecule has 0 aromatic carbocycles. The van der Waals surface area contributed by atoms with Crippen molar-refractivity contribution in [3.8, 4) is 0 Å². The first kappa shape index (κ1) is 15.9. The first-order chi connectivity index (χ1) is 11.3. The number of hydrogen-bond acceptors (Lipinski definition) is 3. The second-order valence-electron chi connectivity index (χ2n) is 8.30.